The minimum atomic E-state index is -3.51. The maximum Gasteiger partial charge on any atom is 0.226 e. The Morgan fingerprint density at radius 2 is 2.19 bits per heavy atom. The smallest absolute Gasteiger partial charge is 0.226 e. The predicted molar refractivity (Wildman–Crippen MR) is 77.1 cm³/mol. The monoisotopic (exact) mass is 320 g/mol. The van der Waals surface area contributed by atoms with Gasteiger partial charge in [0, 0.05) is 25.6 Å². The molecule has 0 aromatic rings. The van der Waals surface area contributed by atoms with Gasteiger partial charge in [-0.15, -0.1) is 0 Å². The summed E-state index contributed by atoms with van der Waals surface area (Å²) in [5.74, 6) is 0.470. The minimum absolute atomic E-state index is 0.0166. The molecule has 21 heavy (non-hydrogen) atoms. The number of aliphatic hydroxyl groups excluding tert-OH is 1. The van der Waals surface area contributed by atoms with Gasteiger partial charge in [0.1, 0.15) is 0 Å². The number of ether oxygens (including phenoxy) is 1. The quantitative estimate of drug-likeness (QED) is 0.666. The first-order valence-corrected chi connectivity index (χ1v) is 8.99. The molecular weight excluding hydrogens is 296 g/mol. The molecule has 8 heteroatoms. The average molecular weight is 320 g/mol. The molecule has 1 aliphatic heterocycles. The SMILES string of the molecule is C[C@H](O)CNS(=O)(=O)C[C@@H]1CN(C(=O)[C@@H]2C[C@H]2C)CCO1. The summed E-state index contributed by atoms with van der Waals surface area (Å²) in [6.07, 6.45) is -0.320. The first kappa shape index (κ1) is 16.7. The second-order valence-corrected chi connectivity index (χ2v) is 7.93. The molecule has 0 unspecified atom stereocenters. The van der Waals surface area contributed by atoms with Gasteiger partial charge in [0.15, 0.2) is 0 Å². The van der Waals surface area contributed by atoms with Gasteiger partial charge >= 0.3 is 0 Å². The third-order valence-electron chi connectivity index (χ3n) is 3.88. The first-order valence-electron chi connectivity index (χ1n) is 7.34. The Morgan fingerprint density at radius 3 is 2.76 bits per heavy atom. The molecule has 0 aromatic heterocycles. The summed E-state index contributed by atoms with van der Waals surface area (Å²) < 4.78 is 31.5. The molecule has 4 atom stereocenters. The van der Waals surface area contributed by atoms with E-state index in [2.05, 4.69) is 4.72 Å². The molecule has 2 fully saturated rings. The Kier molecular flexibility index (Phi) is 5.24. The van der Waals surface area contributed by atoms with Crippen molar-refractivity contribution in [1.82, 2.24) is 9.62 Å². The summed E-state index contributed by atoms with van der Waals surface area (Å²) in [6, 6.07) is 0. The summed E-state index contributed by atoms with van der Waals surface area (Å²) in [6.45, 7) is 4.75. The van der Waals surface area contributed by atoms with Crippen LogP contribution in [0.25, 0.3) is 0 Å². The number of nitrogens with one attached hydrogen (secondary N) is 1. The summed E-state index contributed by atoms with van der Waals surface area (Å²) in [5.41, 5.74) is 0. The normalized spacial score (nSPS) is 31.0. The van der Waals surface area contributed by atoms with Crippen LogP contribution in [-0.2, 0) is 19.6 Å². The number of carbonyl (C=O) groups excluding carboxylic acids is 1. The molecule has 1 aliphatic carbocycles. The van der Waals surface area contributed by atoms with E-state index in [4.69, 9.17) is 9.84 Å². The predicted octanol–water partition coefficient (Wildman–Crippen LogP) is -0.830. The molecule has 1 amide bonds. The number of hydrogen-bond acceptors (Lipinski definition) is 5. The summed E-state index contributed by atoms with van der Waals surface area (Å²) >= 11 is 0. The number of sulfonamides is 1. The lowest BCUT2D eigenvalue weighted by atomic mass is 10.2. The van der Waals surface area contributed by atoms with Crippen LogP contribution < -0.4 is 4.72 Å². The lowest BCUT2D eigenvalue weighted by Gasteiger charge is -2.33. The van der Waals surface area contributed by atoms with E-state index in [1.807, 2.05) is 6.92 Å². The van der Waals surface area contributed by atoms with Gasteiger partial charge in [-0.2, -0.15) is 0 Å². The van der Waals surface area contributed by atoms with E-state index in [1.54, 1.807) is 4.90 Å². The molecular formula is C13H24N2O5S. The molecule has 1 saturated carbocycles. The average Bonchev–Trinajstić information content (AvgIpc) is 3.13. The third-order valence-corrected chi connectivity index (χ3v) is 5.30. The second-order valence-electron chi connectivity index (χ2n) is 6.08. The van der Waals surface area contributed by atoms with Gasteiger partial charge in [-0.1, -0.05) is 6.92 Å². The van der Waals surface area contributed by atoms with Crippen LogP contribution in [-0.4, -0.2) is 68.5 Å². The van der Waals surface area contributed by atoms with Crippen molar-refractivity contribution in [3.05, 3.63) is 0 Å². The number of rotatable bonds is 6. The van der Waals surface area contributed by atoms with Crippen molar-refractivity contribution < 1.29 is 23.1 Å². The van der Waals surface area contributed by atoms with Gasteiger partial charge in [0.05, 0.1) is 24.6 Å². The highest BCUT2D eigenvalue weighted by Crippen LogP contribution is 2.39. The van der Waals surface area contributed by atoms with Crippen molar-refractivity contribution >= 4 is 15.9 Å². The molecule has 122 valence electrons. The second kappa shape index (κ2) is 6.60. The molecule has 1 heterocycles. The fourth-order valence-corrected chi connectivity index (χ4v) is 3.78. The van der Waals surface area contributed by atoms with Gasteiger partial charge in [-0.05, 0) is 19.3 Å². The van der Waals surface area contributed by atoms with Crippen molar-refractivity contribution in [2.45, 2.75) is 32.5 Å². The van der Waals surface area contributed by atoms with E-state index >= 15 is 0 Å². The lowest BCUT2D eigenvalue weighted by molar-refractivity contribution is -0.139. The third kappa shape index (κ3) is 4.91. The maximum absolute atomic E-state index is 12.2. The van der Waals surface area contributed by atoms with Crippen LogP contribution in [0.15, 0.2) is 0 Å². The Labute approximate surface area is 125 Å². The molecule has 0 radical (unpaired) electrons. The summed E-state index contributed by atoms with van der Waals surface area (Å²) in [7, 11) is -3.51. The Hall–Kier alpha value is -0.700. The molecule has 2 aliphatic rings. The zero-order valence-corrected chi connectivity index (χ0v) is 13.3. The molecule has 0 spiro atoms. The lowest BCUT2D eigenvalue weighted by Crippen LogP contribution is -2.50. The first-order chi connectivity index (χ1) is 9.78. The highest BCUT2D eigenvalue weighted by Gasteiger charge is 2.42. The van der Waals surface area contributed by atoms with Gasteiger partial charge in [-0.25, -0.2) is 13.1 Å². The zero-order chi connectivity index (χ0) is 15.6. The standard InChI is InChI=1S/C13H24N2O5S/c1-9-5-12(9)13(17)15-3-4-20-11(7-15)8-21(18,19)14-6-10(2)16/h9-12,14,16H,3-8H2,1-2H3/t9-,10+,11+,12-/m1/s1. The Bertz CT molecular complexity index is 479. The Morgan fingerprint density at radius 1 is 1.52 bits per heavy atom. The molecule has 0 aromatic carbocycles. The fraction of sp³-hybridized carbons (Fsp3) is 0.923. The van der Waals surface area contributed by atoms with E-state index in [0.29, 0.717) is 25.6 Å². The fourth-order valence-electron chi connectivity index (χ4n) is 2.47. The van der Waals surface area contributed by atoms with Crippen LogP contribution in [0.4, 0.5) is 0 Å². The van der Waals surface area contributed by atoms with Crippen molar-refractivity contribution in [1.29, 1.82) is 0 Å². The van der Waals surface area contributed by atoms with Crippen molar-refractivity contribution in [3.63, 3.8) is 0 Å². The number of carbonyl (C=O) groups is 1. The van der Waals surface area contributed by atoms with E-state index in [-0.39, 0.29) is 24.1 Å². The molecule has 7 nitrogen and oxygen atoms in total. The number of nitrogens with zero attached hydrogens (tertiary/aromatic N) is 1. The van der Waals surface area contributed by atoms with Crippen molar-refractivity contribution in [3.8, 4) is 0 Å². The summed E-state index contributed by atoms with van der Waals surface area (Å²) in [5, 5.41) is 9.12. The van der Waals surface area contributed by atoms with Crippen molar-refractivity contribution in [2.75, 3.05) is 32.0 Å². The topological polar surface area (TPSA) is 95.9 Å². The van der Waals surface area contributed by atoms with Crippen LogP contribution >= 0.6 is 0 Å². The van der Waals surface area contributed by atoms with Gasteiger partial charge in [0.2, 0.25) is 15.9 Å². The van der Waals surface area contributed by atoms with Gasteiger partial charge in [0.25, 0.3) is 0 Å². The molecule has 2 rings (SSSR count). The largest absolute Gasteiger partial charge is 0.392 e. The summed E-state index contributed by atoms with van der Waals surface area (Å²) in [4.78, 5) is 13.9. The van der Waals surface area contributed by atoms with E-state index in [0.717, 1.165) is 6.42 Å². The van der Waals surface area contributed by atoms with Crippen LogP contribution in [0.5, 0.6) is 0 Å². The minimum Gasteiger partial charge on any atom is -0.392 e. The highest BCUT2D eigenvalue weighted by molar-refractivity contribution is 7.89. The number of amides is 1. The van der Waals surface area contributed by atoms with E-state index in [9.17, 15) is 13.2 Å². The highest BCUT2D eigenvalue weighted by atomic mass is 32.2. The number of hydrogen-bond donors (Lipinski definition) is 2. The van der Waals surface area contributed by atoms with Crippen LogP contribution in [0.2, 0.25) is 0 Å². The Balaban J connectivity index is 1.85. The van der Waals surface area contributed by atoms with Crippen molar-refractivity contribution in [2.24, 2.45) is 11.8 Å². The van der Waals surface area contributed by atoms with E-state index in [1.165, 1.54) is 6.92 Å². The number of morpholine rings is 1. The molecule has 0 bridgehead atoms. The van der Waals surface area contributed by atoms with E-state index < -0.39 is 22.2 Å². The van der Waals surface area contributed by atoms with Gasteiger partial charge in [-0.3, -0.25) is 4.79 Å². The zero-order valence-electron chi connectivity index (χ0n) is 12.5. The van der Waals surface area contributed by atoms with Crippen LogP contribution in [0.3, 0.4) is 0 Å². The molecule has 1 saturated heterocycles. The number of aliphatic hydroxyl groups is 1. The van der Waals surface area contributed by atoms with Gasteiger partial charge < -0.3 is 14.7 Å². The van der Waals surface area contributed by atoms with Crippen LogP contribution in [0, 0.1) is 11.8 Å². The maximum atomic E-state index is 12.2. The molecule has 2 N–H and O–H groups in total. The van der Waals surface area contributed by atoms with Crippen LogP contribution in [0.1, 0.15) is 20.3 Å².